The largest absolute Gasteiger partial charge is 0.436 e. The van der Waals surface area contributed by atoms with Crippen LogP contribution in [0.2, 0.25) is 0 Å². The minimum absolute atomic E-state index is 0.140. The molecule has 4 nitrogen and oxygen atoms in total. The zero-order valence-corrected chi connectivity index (χ0v) is 20.1. The monoisotopic (exact) mass is 692 g/mol. The van der Waals surface area contributed by atoms with Gasteiger partial charge in [0.2, 0.25) is 5.89 Å². The van der Waals surface area contributed by atoms with E-state index in [4.69, 9.17) is 4.42 Å². The summed E-state index contributed by atoms with van der Waals surface area (Å²) in [6, 6.07) is 19.3. The SMILES string of the molecule is O=C(Nc1ccc2oc(-c3cccc(I)c3)nc2c1)c1cc(I)ccc1I. The molecule has 0 spiro atoms. The van der Waals surface area contributed by atoms with Crippen molar-refractivity contribution in [2.45, 2.75) is 0 Å². The van der Waals surface area contributed by atoms with Crippen molar-refractivity contribution >= 4 is 90.5 Å². The molecule has 0 radical (unpaired) electrons. The highest BCUT2D eigenvalue weighted by molar-refractivity contribution is 14.1. The van der Waals surface area contributed by atoms with Crippen molar-refractivity contribution in [3.8, 4) is 11.5 Å². The highest BCUT2D eigenvalue weighted by Crippen LogP contribution is 2.27. The maximum atomic E-state index is 12.6. The highest BCUT2D eigenvalue weighted by atomic mass is 127. The van der Waals surface area contributed by atoms with Gasteiger partial charge in [-0.2, -0.15) is 0 Å². The molecular formula is C20H11I3N2O2. The number of rotatable bonds is 3. The van der Waals surface area contributed by atoms with Crippen LogP contribution in [0.25, 0.3) is 22.6 Å². The van der Waals surface area contributed by atoms with E-state index in [9.17, 15) is 4.79 Å². The van der Waals surface area contributed by atoms with Gasteiger partial charge in [-0.1, -0.05) is 6.07 Å². The summed E-state index contributed by atoms with van der Waals surface area (Å²) in [6.07, 6.45) is 0. The van der Waals surface area contributed by atoms with E-state index in [1.807, 2.05) is 60.7 Å². The second-order valence-corrected chi connectivity index (χ2v) is 9.44. The lowest BCUT2D eigenvalue weighted by Crippen LogP contribution is -2.13. The number of amides is 1. The first-order chi connectivity index (χ1) is 13.0. The fourth-order valence-corrected chi connectivity index (χ4v) is 4.23. The summed E-state index contributed by atoms with van der Waals surface area (Å²) in [6.45, 7) is 0. The van der Waals surface area contributed by atoms with E-state index in [1.54, 1.807) is 0 Å². The molecule has 134 valence electrons. The summed E-state index contributed by atoms with van der Waals surface area (Å²) in [4.78, 5) is 17.2. The average molecular weight is 692 g/mol. The van der Waals surface area contributed by atoms with E-state index in [2.05, 4.69) is 78.1 Å². The Morgan fingerprint density at radius 3 is 2.56 bits per heavy atom. The number of benzene rings is 3. The lowest BCUT2D eigenvalue weighted by molar-refractivity contribution is 0.102. The normalized spacial score (nSPS) is 10.9. The Bertz CT molecular complexity index is 1170. The van der Waals surface area contributed by atoms with Gasteiger partial charge < -0.3 is 9.73 Å². The van der Waals surface area contributed by atoms with E-state index >= 15 is 0 Å². The molecule has 27 heavy (non-hydrogen) atoms. The number of anilines is 1. The number of hydrogen-bond donors (Lipinski definition) is 1. The fourth-order valence-electron chi connectivity index (χ4n) is 2.62. The first-order valence-electron chi connectivity index (χ1n) is 7.92. The van der Waals surface area contributed by atoms with Crippen LogP contribution in [0.3, 0.4) is 0 Å². The van der Waals surface area contributed by atoms with E-state index in [-0.39, 0.29) is 5.91 Å². The van der Waals surface area contributed by atoms with Crippen molar-refractivity contribution < 1.29 is 9.21 Å². The molecule has 1 aromatic heterocycles. The van der Waals surface area contributed by atoms with Gasteiger partial charge in [0, 0.05) is 22.0 Å². The van der Waals surface area contributed by atoms with Crippen LogP contribution >= 0.6 is 67.8 Å². The van der Waals surface area contributed by atoms with Crippen LogP contribution in [-0.2, 0) is 0 Å². The minimum atomic E-state index is -0.140. The number of halogens is 3. The summed E-state index contributed by atoms with van der Waals surface area (Å²) in [5.74, 6) is 0.428. The van der Waals surface area contributed by atoms with Gasteiger partial charge in [-0.25, -0.2) is 4.98 Å². The zero-order chi connectivity index (χ0) is 19.0. The average Bonchev–Trinajstić information content (AvgIpc) is 3.07. The quantitative estimate of drug-likeness (QED) is 0.248. The van der Waals surface area contributed by atoms with Crippen LogP contribution in [0.4, 0.5) is 5.69 Å². The van der Waals surface area contributed by atoms with Gasteiger partial charge in [0.05, 0.1) is 5.56 Å². The van der Waals surface area contributed by atoms with Gasteiger partial charge >= 0.3 is 0 Å². The molecule has 3 aromatic carbocycles. The first-order valence-corrected chi connectivity index (χ1v) is 11.2. The van der Waals surface area contributed by atoms with Crippen LogP contribution in [0, 0.1) is 10.7 Å². The number of nitrogens with zero attached hydrogens (tertiary/aromatic N) is 1. The second-order valence-electron chi connectivity index (χ2n) is 5.79. The summed E-state index contributed by atoms with van der Waals surface area (Å²) < 4.78 is 8.91. The lowest BCUT2D eigenvalue weighted by atomic mass is 10.2. The Labute approximate surface area is 196 Å². The van der Waals surface area contributed by atoms with Crippen LogP contribution in [0.15, 0.2) is 65.1 Å². The number of fused-ring (bicyclic) bond motifs is 1. The number of hydrogen-bond acceptors (Lipinski definition) is 3. The Morgan fingerprint density at radius 1 is 0.926 bits per heavy atom. The van der Waals surface area contributed by atoms with E-state index < -0.39 is 0 Å². The van der Waals surface area contributed by atoms with E-state index in [0.717, 1.165) is 16.3 Å². The van der Waals surface area contributed by atoms with Crippen molar-refractivity contribution in [1.82, 2.24) is 4.98 Å². The third-order valence-corrected chi connectivity index (χ3v) is 6.17. The van der Waals surface area contributed by atoms with Crippen LogP contribution in [-0.4, -0.2) is 10.9 Å². The molecule has 1 N–H and O–H groups in total. The van der Waals surface area contributed by atoms with Gasteiger partial charge in [-0.3, -0.25) is 4.79 Å². The Balaban J connectivity index is 1.64. The molecule has 1 heterocycles. The molecule has 7 heteroatoms. The van der Waals surface area contributed by atoms with Gasteiger partial charge in [-0.05, 0) is 122 Å². The molecular weight excluding hydrogens is 681 g/mol. The predicted molar refractivity (Wildman–Crippen MR) is 132 cm³/mol. The number of nitrogens with one attached hydrogen (secondary N) is 1. The van der Waals surface area contributed by atoms with Gasteiger partial charge in [0.25, 0.3) is 5.91 Å². The van der Waals surface area contributed by atoms with E-state index in [0.29, 0.717) is 28.2 Å². The maximum Gasteiger partial charge on any atom is 0.256 e. The molecule has 4 aromatic rings. The Kier molecular flexibility index (Phi) is 5.69. The topological polar surface area (TPSA) is 55.1 Å². The molecule has 0 atom stereocenters. The lowest BCUT2D eigenvalue weighted by Gasteiger charge is -2.07. The number of oxazole rings is 1. The fraction of sp³-hybridized carbons (Fsp3) is 0. The van der Waals surface area contributed by atoms with Crippen molar-refractivity contribution in [3.05, 3.63) is 76.9 Å². The van der Waals surface area contributed by atoms with E-state index in [1.165, 1.54) is 0 Å². The Hall–Kier alpha value is -1.21. The second kappa shape index (κ2) is 8.03. The molecule has 4 rings (SSSR count). The van der Waals surface area contributed by atoms with Crippen LogP contribution in [0.5, 0.6) is 0 Å². The van der Waals surface area contributed by atoms with Gasteiger partial charge in [0.15, 0.2) is 5.58 Å². The smallest absolute Gasteiger partial charge is 0.256 e. The van der Waals surface area contributed by atoms with Crippen molar-refractivity contribution in [3.63, 3.8) is 0 Å². The van der Waals surface area contributed by atoms with Crippen LogP contribution < -0.4 is 5.32 Å². The zero-order valence-electron chi connectivity index (χ0n) is 13.7. The molecule has 0 saturated heterocycles. The summed E-state index contributed by atoms with van der Waals surface area (Å²) in [5, 5.41) is 2.95. The molecule has 0 saturated carbocycles. The predicted octanol–water partition coefficient (Wildman–Crippen LogP) is 6.56. The highest BCUT2D eigenvalue weighted by Gasteiger charge is 2.13. The minimum Gasteiger partial charge on any atom is -0.436 e. The first kappa shape index (κ1) is 19.1. The molecule has 0 aliphatic rings. The maximum absolute atomic E-state index is 12.6. The molecule has 0 aliphatic heterocycles. The van der Waals surface area contributed by atoms with Gasteiger partial charge in [-0.15, -0.1) is 0 Å². The third-order valence-electron chi connectivity index (χ3n) is 3.89. The Morgan fingerprint density at radius 2 is 1.74 bits per heavy atom. The van der Waals surface area contributed by atoms with Crippen molar-refractivity contribution in [1.29, 1.82) is 0 Å². The summed E-state index contributed by atoms with van der Waals surface area (Å²) >= 11 is 6.63. The number of carbonyl (C=O) groups is 1. The molecule has 0 unspecified atom stereocenters. The molecule has 1 amide bonds. The summed E-state index contributed by atoms with van der Waals surface area (Å²) in [7, 11) is 0. The number of aromatic nitrogens is 1. The van der Waals surface area contributed by atoms with Crippen molar-refractivity contribution in [2.24, 2.45) is 0 Å². The standard InChI is InChI=1S/C20H11I3N2O2/c21-12-3-1-2-11(8-12)20-25-17-10-14(5-7-18(17)27-20)24-19(26)15-9-13(22)4-6-16(15)23/h1-10H,(H,24,26). The van der Waals surface area contributed by atoms with Crippen molar-refractivity contribution in [2.75, 3.05) is 5.32 Å². The molecule has 0 fully saturated rings. The van der Waals surface area contributed by atoms with Gasteiger partial charge in [0.1, 0.15) is 5.52 Å². The summed E-state index contributed by atoms with van der Waals surface area (Å²) in [5.41, 5.74) is 3.66. The third kappa shape index (κ3) is 4.29. The van der Waals surface area contributed by atoms with Crippen LogP contribution in [0.1, 0.15) is 10.4 Å². The molecule has 0 bridgehead atoms. The number of carbonyl (C=O) groups excluding carboxylic acids is 1. The molecule has 0 aliphatic carbocycles.